The molecule has 0 fully saturated rings. The molecular formula is C16H20N2O5S. The number of amides is 2. The number of aromatic hydroxyl groups is 1. The molecule has 0 bridgehead atoms. The van der Waals surface area contributed by atoms with E-state index >= 15 is 0 Å². The summed E-state index contributed by atoms with van der Waals surface area (Å²) in [6.45, 7) is 1.92. The summed E-state index contributed by atoms with van der Waals surface area (Å²) in [4.78, 5) is 28.1. The number of benzene rings is 1. The van der Waals surface area contributed by atoms with Crippen LogP contribution in [0, 0.1) is 5.92 Å². The van der Waals surface area contributed by atoms with Gasteiger partial charge in [-0.15, -0.1) is 0 Å². The second-order valence-corrected chi connectivity index (χ2v) is 6.24. The zero-order chi connectivity index (χ0) is 17.7. The molecule has 0 saturated heterocycles. The number of carbonyl (C=O) groups excluding carboxylic acids is 2. The van der Waals surface area contributed by atoms with Crippen molar-refractivity contribution in [3.63, 3.8) is 0 Å². The largest absolute Gasteiger partial charge is 0.504 e. The van der Waals surface area contributed by atoms with Crippen molar-refractivity contribution in [1.29, 1.82) is 0 Å². The Balaban J connectivity index is 2.32. The molecule has 1 heterocycles. The zero-order valence-electron chi connectivity index (χ0n) is 13.7. The minimum atomic E-state index is -0.723. The molecule has 2 amide bonds. The van der Waals surface area contributed by atoms with Crippen LogP contribution in [0.25, 0.3) is 0 Å². The Labute approximate surface area is 144 Å². The summed E-state index contributed by atoms with van der Waals surface area (Å²) in [6.07, 6.45) is 1.92. The highest BCUT2D eigenvalue weighted by atomic mass is 32.2. The Hall–Kier alpha value is -2.22. The average molecular weight is 352 g/mol. The first-order valence-electron chi connectivity index (χ1n) is 7.36. The minimum Gasteiger partial charge on any atom is -0.504 e. The van der Waals surface area contributed by atoms with E-state index < -0.39 is 24.0 Å². The molecule has 2 atom stereocenters. The summed E-state index contributed by atoms with van der Waals surface area (Å²) in [5.74, 6) is -0.232. The second-order valence-electron chi connectivity index (χ2n) is 5.25. The maximum Gasteiger partial charge on any atom is 0.341 e. The summed E-state index contributed by atoms with van der Waals surface area (Å²) in [5, 5.41) is 12.4. The highest BCUT2D eigenvalue weighted by Crippen LogP contribution is 2.34. The van der Waals surface area contributed by atoms with E-state index in [4.69, 9.17) is 9.47 Å². The number of rotatable bonds is 6. The first-order valence-corrected chi connectivity index (χ1v) is 8.75. The van der Waals surface area contributed by atoms with Gasteiger partial charge < -0.3 is 19.9 Å². The van der Waals surface area contributed by atoms with Crippen LogP contribution in [-0.2, 0) is 9.53 Å². The third-order valence-electron chi connectivity index (χ3n) is 3.69. The van der Waals surface area contributed by atoms with E-state index in [2.05, 4.69) is 10.3 Å². The number of phenolic OH excluding ortho intramolecular Hbond substituents is 1. The lowest BCUT2D eigenvalue weighted by atomic mass is 9.88. The SMILES string of the molecule is COc1cc(C2NC(=O)N=C(C)C2C(=O)OCCSC)ccc1O. The zero-order valence-corrected chi connectivity index (χ0v) is 14.6. The Morgan fingerprint density at radius 2 is 2.21 bits per heavy atom. The van der Waals surface area contributed by atoms with Gasteiger partial charge >= 0.3 is 12.0 Å². The molecule has 130 valence electrons. The van der Waals surface area contributed by atoms with Gasteiger partial charge in [0, 0.05) is 11.5 Å². The van der Waals surface area contributed by atoms with Crippen LogP contribution in [0.2, 0.25) is 0 Å². The Kier molecular flexibility index (Phi) is 6.08. The molecule has 7 nitrogen and oxygen atoms in total. The van der Waals surface area contributed by atoms with Gasteiger partial charge in [0.15, 0.2) is 11.5 Å². The predicted octanol–water partition coefficient (Wildman–Crippen LogP) is 2.15. The number of aliphatic imine (C=N–C) groups is 1. The fraction of sp³-hybridized carbons (Fsp3) is 0.438. The van der Waals surface area contributed by atoms with Crippen LogP contribution in [-0.4, -0.2) is 48.5 Å². The van der Waals surface area contributed by atoms with Gasteiger partial charge in [-0.25, -0.2) is 9.79 Å². The van der Waals surface area contributed by atoms with Crippen LogP contribution in [0.3, 0.4) is 0 Å². The number of carbonyl (C=O) groups is 2. The number of hydrogen-bond donors (Lipinski definition) is 2. The molecular weight excluding hydrogens is 332 g/mol. The van der Waals surface area contributed by atoms with Crippen LogP contribution in [0.4, 0.5) is 4.79 Å². The first-order chi connectivity index (χ1) is 11.5. The lowest BCUT2D eigenvalue weighted by Gasteiger charge is -2.30. The van der Waals surface area contributed by atoms with Crippen LogP contribution < -0.4 is 10.1 Å². The topological polar surface area (TPSA) is 97.2 Å². The van der Waals surface area contributed by atoms with Crippen LogP contribution in [0.5, 0.6) is 11.5 Å². The third-order valence-corrected chi connectivity index (χ3v) is 4.26. The molecule has 0 aromatic heterocycles. The molecule has 1 aliphatic heterocycles. The minimum absolute atomic E-state index is 0.0205. The van der Waals surface area contributed by atoms with E-state index in [1.807, 2.05) is 6.26 Å². The third kappa shape index (κ3) is 4.00. The van der Waals surface area contributed by atoms with Gasteiger partial charge in [-0.05, 0) is 30.9 Å². The molecule has 0 aliphatic carbocycles. The Morgan fingerprint density at radius 1 is 1.46 bits per heavy atom. The van der Waals surface area contributed by atoms with Gasteiger partial charge in [0.2, 0.25) is 0 Å². The van der Waals surface area contributed by atoms with Gasteiger partial charge in [0.1, 0.15) is 12.5 Å². The van der Waals surface area contributed by atoms with Crippen molar-refractivity contribution in [1.82, 2.24) is 5.32 Å². The molecule has 0 saturated carbocycles. The van der Waals surface area contributed by atoms with E-state index in [0.29, 0.717) is 23.6 Å². The van der Waals surface area contributed by atoms with Crippen LogP contribution in [0.15, 0.2) is 23.2 Å². The summed E-state index contributed by atoms with van der Waals surface area (Å²) in [5.41, 5.74) is 1.02. The maximum absolute atomic E-state index is 12.5. The van der Waals surface area contributed by atoms with Crippen LogP contribution >= 0.6 is 11.8 Å². The number of methoxy groups -OCH3 is 1. The lowest BCUT2D eigenvalue weighted by Crippen LogP contribution is -2.44. The standard InChI is InChI=1S/C16H20N2O5S/c1-9-13(15(20)23-6-7-24-3)14(18-16(21)17-9)10-4-5-11(19)12(8-10)22-2/h4-5,8,13-14,19H,6-7H2,1-3H3,(H,18,21). The number of ether oxygens (including phenoxy) is 2. The van der Waals surface area contributed by atoms with E-state index in [1.54, 1.807) is 30.8 Å². The fourth-order valence-corrected chi connectivity index (χ4v) is 2.76. The molecule has 1 aliphatic rings. The number of thioether (sulfide) groups is 1. The lowest BCUT2D eigenvalue weighted by molar-refractivity contribution is -0.146. The van der Waals surface area contributed by atoms with Gasteiger partial charge in [-0.3, -0.25) is 4.79 Å². The summed E-state index contributed by atoms with van der Waals surface area (Å²) >= 11 is 1.57. The molecule has 0 radical (unpaired) electrons. The highest BCUT2D eigenvalue weighted by molar-refractivity contribution is 7.98. The highest BCUT2D eigenvalue weighted by Gasteiger charge is 2.38. The van der Waals surface area contributed by atoms with Gasteiger partial charge in [0.25, 0.3) is 0 Å². The molecule has 24 heavy (non-hydrogen) atoms. The number of nitrogens with one attached hydrogen (secondary N) is 1. The molecule has 1 aromatic carbocycles. The van der Waals surface area contributed by atoms with Crippen molar-refractivity contribution in [2.75, 3.05) is 25.7 Å². The molecule has 2 unspecified atom stereocenters. The normalized spacial score (nSPS) is 20.1. The van der Waals surface area contributed by atoms with Gasteiger partial charge in [0.05, 0.1) is 13.2 Å². The van der Waals surface area contributed by atoms with Gasteiger partial charge in [-0.1, -0.05) is 6.07 Å². The smallest absolute Gasteiger partial charge is 0.341 e. The Morgan fingerprint density at radius 3 is 2.88 bits per heavy atom. The van der Waals surface area contributed by atoms with Crippen molar-refractivity contribution in [2.45, 2.75) is 13.0 Å². The summed E-state index contributed by atoms with van der Waals surface area (Å²) < 4.78 is 10.4. The van der Waals surface area contributed by atoms with Crippen molar-refractivity contribution >= 4 is 29.5 Å². The first kappa shape index (κ1) is 18.1. The molecule has 1 aromatic rings. The second kappa shape index (κ2) is 8.05. The van der Waals surface area contributed by atoms with E-state index in [1.165, 1.54) is 13.2 Å². The maximum atomic E-state index is 12.5. The monoisotopic (exact) mass is 352 g/mol. The van der Waals surface area contributed by atoms with E-state index in [-0.39, 0.29) is 11.5 Å². The number of phenols is 1. The molecule has 2 N–H and O–H groups in total. The van der Waals surface area contributed by atoms with E-state index in [0.717, 1.165) is 0 Å². The van der Waals surface area contributed by atoms with E-state index in [9.17, 15) is 14.7 Å². The predicted molar refractivity (Wildman–Crippen MR) is 91.9 cm³/mol. The number of hydrogen-bond acceptors (Lipinski definition) is 6. The number of nitrogens with zero attached hydrogens (tertiary/aromatic N) is 1. The summed E-state index contributed by atoms with van der Waals surface area (Å²) in [7, 11) is 1.43. The van der Waals surface area contributed by atoms with Gasteiger partial charge in [-0.2, -0.15) is 11.8 Å². The Bertz CT molecular complexity index is 662. The van der Waals surface area contributed by atoms with Crippen LogP contribution in [0.1, 0.15) is 18.5 Å². The number of urea groups is 1. The van der Waals surface area contributed by atoms with Crippen molar-refractivity contribution < 1.29 is 24.2 Å². The molecule has 0 spiro atoms. The van der Waals surface area contributed by atoms with Crippen molar-refractivity contribution in [3.8, 4) is 11.5 Å². The van der Waals surface area contributed by atoms with Crippen molar-refractivity contribution in [3.05, 3.63) is 23.8 Å². The molecule has 8 heteroatoms. The summed E-state index contributed by atoms with van der Waals surface area (Å²) in [6, 6.07) is 3.52. The average Bonchev–Trinajstić information content (AvgIpc) is 2.54. The molecule has 2 rings (SSSR count). The fourth-order valence-electron chi connectivity index (χ4n) is 2.51. The number of esters is 1. The van der Waals surface area contributed by atoms with Crippen molar-refractivity contribution in [2.24, 2.45) is 10.9 Å². The quantitative estimate of drug-likeness (QED) is 0.601.